The van der Waals surface area contributed by atoms with E-state index in [2.05, 4.69) is 77.1 Å². The van der Waals surface area contributed by atoms with Gasteiger partial charge in [0, 0.05) is 5.41 Å². The molecular weight excluding hydrogens is 320 g/mol. The van der Waals surface area contributed by atoms with Gasteiger partial charge in [-0.2, -0.15) is 0 Å². The van der Waals surface area contributed by atoms with Gasteiger partial charge in [0.25, 0.3) is 0 Å². The molecule has 2 bridgehead atoms. The standard InChI is InChI=1S/C24H30O2/c1-22(2)18-13-19(22)24(5)20(14-18)25-23(3,4)26-21(24)17-11-10-15-8-6-7-9-16(15)12-17/h6-12,18-21H,13-14H2,1-5H3/t18-,19-,20+,21+,24-/m0/s1. The van der Waals surface area contributed by atoms with E-state index < -0.39 is 5.79 Å². The maximum Gasteiger partial charge on any atom is 0.164 e. The zero-order valence-electron chi connectivity index (χ0n) is 16.6. The predicted molar refractivity (Wildman–Crippen MR) is 105 cm³/mol. The number of hydrogen-bond acceptors (Lipinski definition) is 2. The maximum absolute atomic E-state index is 6.65. The highest BCUT2D eigenvalue weighted by atomic mass is 16.7. The van der Waals surface area contributed by atoms with Crippen molar-refractivity contribution in [2.45, 2.75) is 65.5 Å². The molecule has 6 rings (SSSR count). The Kier molecular flexibility index (Phi) is 3.30. The third-order valence-electron chi connectivity index (χ3n) is 7.88. The molecule has 0 spiro atoms. The lowest BCUT2D eigenvalue weighted by molar-refractivity contribution is -0.395. The normalized spacial score (nSPS) is 39.9. The molecule has 5 atom stereocenters. The molecule has 3 saturated carbocycles. The molecule has 26 heavy (non-hydrogen) atoms. The SMILES string of the molecule is CC1(C)O[C@H](c2ccc3ccccc3c2)[C@]2(C)[C@@H](C[C@@H]3C[C@H]2C3(C)C)O1. The van der Waals surface area contributed by atoms with Crippen molar-refractivity contribution in [3.8, 4) is 0 Å². The Hall–Kier alpha value is -1.38. The summed E-state index contributed by atoms with van der Waals surface area (Å²) in [5, 5.41) is 2.58. The van der Waals surface area contributed by atoms with Crippen LogP contribution in [-0.2, 0) is 9.47 Å². The minimum Gasteiger partial charge on any atom is -0.347 e. The summed E-state index contributed by atoms with van der Waals surface area (Å²) in [6.07, 6.45) is 2.83. The van der Waals surface area contributed by atoms with Crippen molar-refractivity contribution in [2.75, 3.05) is 0 Å². The van der Waals surface area contributed by atoms with Crippen LogP contribution in [0.2, 0.25) is 0 Å². The van der Waals surface area contributed by atoms with Crippen molar-refractivity contribution in [1.82, 2.24) is 0 Å². The van der Waals surface area contributed by atoms with Gasteiger partial charge in [0.05, 0.1) is 12.2 Å². The van der Waals surface area contributed by atoms with E-state index in [4.69, 9.17) is 9.47 Å². The predicted octanol–water partition coefficient (Wildman–Crippen LogP) is 6.10. The topological polar surface area (TPSA) is 18.5 Å². The minimum absolute atomic E-state index is 0.0240. The zero-order chi connectivity index (χ0) is 18.3. The van der Waals surface area contributed by atoms with E-state index in [0.717, 1.165) is 12.3 Å². The molecule has 1 aliphatic heterocycles. The quantitative estimate of drug-likeness (QED) is 0.618. The van der Waals surface area contributed by atoms with Crippen LogP contribution in [0.25, 0.3) is 10.8 Å². The van der Waals surface area contributed by atoms with Crippen LogP contribution in [0.15, 0.2) is 42.5 Å². The molecule has 0 amide bonds. The maximum atomic E-state index is 6.65. The van der Waals surface area contributed by atoms with Crippen LogP contribution in [0.4, 0.5) is 0 Å². The Balaban J connectivity index is 1.64. The van der Waals surface area contributed by atoms with Crippen LogP contribution in [0, 0.1) is 22.7 Å². The van der Waals surface area contributed by atoms with Gasteiger partial charge in [-0.25, -0.2) is 0 Å². The first-order valence-corrected chi connectivity index (χ1v) is 10.1. The average molecular weight is 351 g/mol. The Labute approximate surface area is 156 Å². The fraction of sp³-hybridized carbons (Fsp3) is 0.583. The Morgan fingerprint density at radius 3 is 2.31 bits per heavy atom. The molecule has 0 aromatic heterocycles. The number of hydrogen-bond donors (Lipinski definition) is 0. The lowest BCUT2D eigenvalue weighted by atomic mass is 9.38. The molecule has 3 aliphatic carbocycles. The fourth-order valence-electron chi connectivity index (χ4n) is 6.31. The van der Waals surface area contributed by atoms with Crippen molar-refractivity contribution in [1.29, 1.82) is 0 Å². The van der Waals surface area contributed by atoms with Crippen LogP contribution < -0.4 is 0 Å². The van der Waals surface area contributed by atoms with E-state index in [1.165, 1.54) is 22.8 Å². The second-order valence-corrected chi connectivity index (χ2v) is 10.0. The molecule has 2 heteroatoms. The fourth-order valence-corrected chi connectivity index (χ4v) is 6.31. The van der Waals surface area contributed by atoms with Crippen LogP contribution in [-0.4, -0.2) is 11.9 Å². The molecule has 138 valence electrons. The van der Waals surface area contributed by atoms with Gasteiger partial charge in [0.2, 0.25) is 0 Å². The number of rotatable bonds is 1. The van der Waals surface area contributed by atoms with Gasteiger partial charge in [-0.1, -0.05) is 57.2 Å². The Morgan fingerprint density at radius 2 is 1.58 bits per heavy atom. The Bertz CT molecular complexity index is 867. The lowest BCUT2D eigenvalue weighted by Crippen LogP contribution is -2.68. The summed E-state index contributed by atoms with van der Waals surface area (Å²) in [5.41, 5.74) is 1.71. The van der Waals surface area contributed by atoms with Gasteiger partial charge in [0.1, 0.15) is 0 Å². The number of fused-ring (bicyclic) bond motifs is 1. The van der Waals surface area contributed by atoms with E-state index in [1.807, 2.05) is 0 Å². The highest BCUT2D eigenvalue weighted by Gasteiger charge is 2.68. The van der Waals surface area contributed by atoms with E-state index in [1.54, 1.807) is 0 Å². The summed E-state index contributed by atoms with van der Waals surface area (Å²) in [6.45, 7) is 11.5. The molecule has 0 N–H and O–H groups in total. The minimum atomic E-state index is -0.533. The summed E-state index contributed by atoms with van der Waals surface area (Å²) in [6, 6.07) is 15.4. The van der Waals surface area contributed by atoms with Crippen LogP contribution in [0.5, 0.6) is 0 Å². The van der Waals surface area contributed by atoms with E-state index in [-0.39, 0.29) is 17.6 Å². The molecular formula is C24H30O2. The number of benzene rings is 2. The highest BCUT2D eigenvalue weighted by molar-refractivity contribution is 5.83. The molecule has 4 fully saturated rings. The summed E-state index contributed by atoms with van der Waals surface area (Å²) < 4.78 is 13.1. The molecule has 0 unspecified atom stereocenters. The van der Waals surface area contributed by atoms with Crippen LogP contribution in [0.3, 0.4) is 0 Å². The van der Waals surface area contributed by atoms with Crippen molar-refractivity contribution >= 4 is 10.8 Å². The van der Waals surface area contributed by atoms with Gasteiger partial charge in [-0.05, 0) is 66.3 Å². The van der Waals surface area contributed by atoms with E-state index >= 15 is 0 Å². The van der Waals surface area contributed by atoms with Gasteiger partial charge in [-0.15, -0.1) is 0 Å². The molecule has 1 heterocycles. The monoisotopic (exact) mass is 350 g/mol. The third-order valence-corrected chi connectivity index (χ3v) is 7.88. The lowest BCUT2D eigenvalue weighted by Gasteiger charge is -2.70. The van der Waals surface area contributed by atoms with Gasteiger partial charge in [-0.3, -0.25) is 0 Å². The summed E-state index contributed by atoms with van der Waals surface area (Å²) in [7, 11) is 0. The highest BCUT2D eigenvalue weighted by Crippen LogP contribution is 2.71. The van der Waals surface area contributed by atoms with Gasteiger partial charge >= 0.3 is 0 Å². The van der Waals surface area contributed by atoms with E-state index in [0.29, 0.717) is 11.3 Å². The summed E-state index contributed by atoms with van der Waals surface area (Å²) >= 11 is 0. The van der Waals surface area contributed by atoms with Crippen molar-refractivity contribution in [3.63, 3.8) is 0 Å². The molecule has 1 saturated heterocycles. The second kappa shape index (κ2) is 5.11. The van der Waals surface area contributed by atoms with Gasteiger partial charge < -0.3 is 9.47 Å². The molecule has 2 nitrogen and oxygen atoms in total. The van der Waals surface area contributed by atoms with Gasteiger partial charge in [0.15, 0.2) is 5.79 Å². The van der Waals surface area contributed by atoms with Crippen LogP contribution in [0.1, 0.15) is 59.1 Å². The molecule has 2 aromatic rings. The second-order valence-electron chi connectivity index (χ2n) is 10.0. The molecule has 4 aliphatic rings. The molecule has 2 aromatic carbocycles. The average Bonchev–Trinajstić information content (AvgIpc) is 2.60. The van der Waals surface area contributed by atoms with Crippen molar-refractivity contribution in [2.24, 2.45) is 22.7 Å². The molecule has 0 radical (unpaired) electrons. The summed E-state index contributed by atoms with van der Waals surface area (Å²) in [5.74, 6) is 0.900. The summed E-state index contributed by atoms with van der Waals surface area (Å²) in [4.78, 5) is 0. The Morgan fingerprint density at radius 1 is 0.846 bits per heavy atom. The van der Waals surface area contributed by atoms with E-state index in [9.17, 15) is 0 Å². The third kappa shape index (κ3) is 2.12. The largest absolute Gasteiger partial charge is 0.347 e. The van der Waals surface area contributed by atoms with Crippen molar-refractivity contribution < 1.29 is 9.47 Å². The zero-order valence-corrected chi connectivity index (χ0v) is 16.6. The first-order valence-electron chi connectivity index (χ1n) is 10.1. The first-order chi connectivity index (χ1) is 12.2. The smallest absolute Gasteiger partial charge is 0.164 e. The van der Waals surface area contributed by atoms with Crippen molar-refractivity contribution in [3.05, 3.63) is 48.0 Å². The van der Waals surface area contributed by atoms with Crippen LogP contribution >= 0.6 is 0 Å². The number of ether oxygens (including phenoxy) is 2. The first kappa shape index (κ1) is 16.8.